The number of carbonyl (C=O) groups is 2. The van der Waals surface area contributed by atoms with Crippen LogP contribution in [0.25, 0.3) is 0 Å². The quantitative estimate of drug-likeness (QED) is 0.730. The molecule has 1 fully saturated rings. The average molecular weight is 397 g/mol. The summed E-state index contributed by atoms with van der Waals surface area (Å²) in [5.41, 5.74) is 1.04. The standard InChI is InChI=1S/C18H27N3O5S/c1-4-21(27(24,25)6-3)16-9-7-15(8-10-16)17(22)19-11-13-20(14-12-19)18(23)26-5-2/h7-10H,4-6,11-14H2,1-3H3. The van der Waals surface area contributed by atoms with Gasteiger partial charge >= 0.3 is 6.09 Å². The lowest BCUT2D eigenvalue weighted by Gasteiger charge is -2.34. The molecule has 2 rings (SSSR count). The maximum Gasteiger partial charge on any atom is 0.409 e. The molecule has 9 heteroatoms. The van der Waals surface area contributed by atoms with Gasteiger partial charge in [0, 0.05) is 38.3 Å². The van der Waals surface area contributed by atoms with Crippen LogP contribution in [0, 0.1) is 0 Å². The second-order valence-electron chi connectivity index (χ2n) is 6.09. The summed E-state index contributed by atoms with van der Waals surface area (Å²) in [4.78, 5) is 27.7. The van der Waals surface area contributed by atoms with Crippen molar-refractivity contribution in [2.24, 2.45) is 0 Å². The van der Waals surface area contributed by atoms with Gasteiger partial charge in [-0.2, -0.15) is 0 Å². The molecule has 0 unspecified atom stereocenters. The zero-order valence-corrected chi connectivity index (χ0v) is 16.9. The second kappa shape index (κ2) is 9.07. The Morgan fingerprint density at radius 2 is 1.56 bits per heavy atom. The van der Waals surface area contributed by atoms with Crippen molar-refractivity contribution in [1.82, 2.24) is 9.80 Å². The van der Waals surface area contributed by atoms with Gasteiger partial charge in [0.05, 0.1) is 18.0 Å². The zero-order valence-electron chi connectivity index (χ0n) is 16.1. The van der Waals surface area contributed by atoms with E-state index in [0.717, 1.165) is 0 Å². The highest BCUT2D eigenvalue weighted by atomic mass is 32.2. The molecule has 0 bridgehead atoms. The molecule has 1 aromatic carbocycles. The fraction of sp³-hybridized carbons (Fsp3) is 0.556. The maximum atomic E-state index is 12.7. The lowest BCUT2D eigenvalue weighted by Crippen LogP contribution is -2.50. The van der Waals surface area contributed by atoms with Crippen molar-refractivity contribution in [2.45, 2.75) is 20.8 Å². The average Bonchev–Trinajstić information content (AvgIpc) is 2.68. The van der Waals surface area contributed by atoms with Crippen LogP contribution in [0.3, 0.4) is 0 Å². The molecule has 1 heterocycles. The second-order valence-corrected chi connectivity index (χ2v) is 8.27. The molecule has 1 aliphatic heterocycles. The van der Waals surface area contributed by atoms with E-state index in [2.05, 4.69) is 0 Å². The van der Waals surface area contributed by atoms with E-state index in [-0.39, 0.29) is 17.8 Å². The first-order valence-corrected chi connectivity index (χ1v) is 10.8. The van der Waals surface area contributed by atoms with E-state index in [9.17, 15) is 18.0 Å². The van der Waals surface area contributed by atoms with Crippen molar-refractivity contribution in [3.8, 4) is 0 Å². The van der Waals surface area contributed by atoms with Crippen molar-refractivity contribution in [1.29, 1.82) is 0 Å². The summed E-state index contributed by atoms with van der Waals surface area (Å²) in [6.07, 6.45) is -0.356. The van der Waals surface area contributed by atoms with Crippen LogP contribution < -0.4 is 4.31 Å². The Labute approximate surface area is 160 Å². The summed E-state index contributed by atoms with van der Waals surface area (Å²) < 4.78 is 30.6. The summed E-state index contributed by atoms with van der Waals surface area (Å²) in [7, 11) is -3.35. The van der Waals surface area contributed by atoms with E-state index in [4.69, 9.17) is 4.74 Å². The van der Waals surface area contributed by atoms with Crippen molar-refractivity contribution in [3.05, 3.63) is 29.8 Å². The predicted molar refractivity (Wildman–Crippen MR) is 103 cm³/mol. The Hall–Kier alpha value is -2.29. The Kier molecular flexibility index (Phi) is 7.06. The number of piperazine rings is 1. The van der Waals surface area contributed by atoms with Crippen molar-refractivity contribution in [3.63, 3.8) is 0 Å². The number of rotatable bonds is 6. The number of nitrogens with zero attached hydrogens (tertiary/aromatic N) is 3. The Balaban J connectivity index is 2.03. The van der Waals surface area contributed by atoms with Gasteiger partial charge in [-0.25, -0.2) is 13.2 Å². The first-order valence-electron chi connectivity index (χ1n) is 9.15. The Morgan fingerprint density at radius 3 is 2.04 bits per heavy atom. The van der Waals surface area contributed by atoms with E-state index in [1.165, 1.54) is 4.31 Å². The molecule has 1 aromatic rings. The fourth-order valence-electron chi connectivity index (χ4n) is 2.96. The Bertz CT molecular complexity index is 756. The van der Waals surface area contributed by atoms with Gasteiger partial charge in [-0.1, -0.05) is 0 Å². The zero-order chi connectivity index (χ0) is 20.0. The van der Waals surface area contributed by atoms with Gasteiger partial charge in [-0.05, 0) is 45.0 Å². The third kappa shape index (κ3) is 4.91. The number of benzene rings is 1. The van der Waals surface area contributed by atoms with Gasteiger partial charge in [0.1, 0.15) is 0 Å². The molecule has 1 saturated heterocycles. The monoisotopic (exact) mass is 397 g/mol. The minimum atomic E-state index is -3.35. The lowest BCUT2D eigenvalue weighted by molar-refractivity contribution is 0.0570. The molecule has 0 radical (unpaired) electrons. The molecule has 0 aliphatic carbocycles. The van der Waals surface area contributed by atoms with Gasteiger partial charge < -0.3 is 14.5 Å². The van der Waals surface area contributed by atoms with Crippen molar-refractivity contribution < 1.29 is 22.7 Å². The summed E-state index contributed by atoms with van der Waals surface area (Å²) in [6.45, 7) is 7.53. The predicted octanol–water partition coefficient (Wildman–Crippen LogP) is 1.78. The van der Waals surface area contributed by atoms with Crippen LogP contribution in [-0.2, 0) is 14.8 Å². The summed E-state index contributed by atoms with van der Waals surface area (Å²) in [6, 6.07) is 6.59. The summed E-state index contributed by atoms with van der Waals surface area (Å²) in [5.74, 6) is -0.113. The number of hydrogen-bond donors (Lipinski definition) is 0. The highest BCUT2D eigenvalue weighted by molar-refractivity contribution is 7.92. The van der Waals surface area contributed by atoms with Crippen LogP contribution in [0.5, 0.6) is 0 Å². The molecular weight excluding hydrogens is 370 g/mol. The number of carbonyl (C=O) groups excluding carboxylic acids is 2. The van der Waals surface area contributed by atoms with Crippen LogP contribution in [0.1, 0.15) is 31.1 Å². The molecule has 8 nitrogen and oxygen atoms in total. The first kappa shape index (κ1) is 21.0. The van der Waals surface area contributed by atoms with E-state index in [1.807, 2.05) is 0 Å². The van der Waals surface area contributed by atoms with E-state index in [1.54, 1.807) is 54.8 Å². The van der Waals surface area contributed by atoms with E-state index in [0.29, 0.717) is 50.6 Å². The summed E-state index contributed by atoms with van der Waals surface area (Å²) >= 11 is 0. The molecule has 27 heavy (non-hydrogen) atoms. The SMILES string of the molecule is CCOC(=O)N1CCN(C(=O)c2ccc(N(CC)S(=O)(=O)CC)cc2)CC1. The highest BCUT2D eigenvalue weighted by Crippen LogP contribution is 2.20. The Morgan fingerprint density at radius 1 is 1.00 bits per heavy atom. The van der Waals surface area contributed by atoms with Gasteiger partial charge in [0.15, 0.2) is 0 Å². The minimum absolute atomic E-state index is 0.0201. The normalized spacial score (nSPS) is 14.8. The third-order valence-corrected chi connectivity index (χ3v) is 6.35. The van der Waals surface area contributed by atoms with Crippen LogP contribution in [0.4, 0.5) is 10.5 Å². The number of hydrogen-bond acceptors (Lipinski definition) is 5. The molecule has 2 amide bonds. The lowest BCUT2D eigenvalue weighted by atomic mass is 10.1. The maximum absolute atomic E-state index is 12.7. The largest absolute Gasteiger partial charge is 0.450 e. The molecule has 1 aliphatic rings. The summed E-state index contributed by atoms with van der Waals surface area (Å²) in [5, 5.41) is 0. The molecule has 0 N–H and O–H groups in total. The van der Waals surface area contributed by atoms with Gasteiger partial charge in [-0.15, -0.1) is 0 Å². The third-order valence-electron chi connectivity index (χ3n) is 4.48. The first-order chi connectivity index (χ1) is 12.8. The molecule has 0 spiro atoms. The van der Waals surface area contributed by atoms with Gasteiger partial charge in [0.25, 0.3) is 5.91 Å². The van der Waals surface area contributed by atoms with Crippen LogP contribution in [0.15, 0.2) is 24.3 Å². The number of anilines is 1. The highest BCUT2D eigenvalue weighted by Gasteiger charge is 2.26. The van der Waals surface area contributed by atoms with Crippen LogP contribution in [0.2, 0.25) is 0 Å². The number of sulfonamides is 1. The molecule has 150 valence electrons. The van der Waals surface area contributed by atoms with E-state index < -0.39 is 10.0 Å². The van der Waals surface area contributed by atoms with Crippen molar-refractivity contribution >= 4 is 27.7 Å². The van der Waals surface area contributed by atoms with E-state index >= 15 is 0 Å². The molecule has 0 atom stereocenters. The minimum Gasteiger partial charge on any atom is -0.450 e. The smallest absolute Gasteiger partial charge is 0.409 e. The van der Waals surface area contributed by atoms with Crippen molar-refractivity contribution in [2.75, 3.05) is 49.4 Å². The molecular formula is C18H27N3O5S. The van der Waals surface area contributed by atoms with Crippen LogP contribution >= 0.6 is 0 Å². The van der Waals surface area contributed by atoms with Gasteiger partial charge in [-0.3, -0.25) is 9.10 Å². The fourth-order valence-corrected chi connectivity index (χ4v) is 4.10. The van der Waals surface area contributed by atoms with Gasteiger partial charge in [0.2, 0.25) is 10.0 Å². The topological polar surface area (TPSA) is 87.2 Å². The molecule has 0 aromatic heterocycles. The van der Waals surface area contributed by atoms with Crippen LogP contribution in [-0.4, -0.2) is 75.3 Å². The number of ether oxygens (including phenoxy) is 1. The molecule has 0 saturated carbocycles. The number of amides is 2.